The maximum Gasteiger partial charge on any atom is 0.292 e. The van der Waals surface area contributed by atoms with Crippen molar-refractivity contribution in [3.8, 4) is 0 Å². The second-order valence-electron chi connectivity index (χ2n) is 8.29. The van der Waals surface area contributed by atoms with Crippen LogP contribution in [0.15, 0.2) is 34.9 Å². The minimum Gasteiger partial charge on any atom is -0.351 e. The highest BCUT2D eigenvalue weighted by atomic mass is 19.1. The molecule has 6 heteroatoms. The number of amides is 1. The lowest BCUT2D eigenvalue weighted by Crippen LogP contribution is -2.37. The molecule has 2 aliphatic rings. The molecule has 4 rings (SSSR count). The summed E-state index contributed by atoms with van der Waals surface area (Å²) in [5.41, 5.74) is 1.84. The number of benzene rings is 1. The van der Waals surface area contributed by atoms with E-state index in [4.69, 9.17) is 4.52 Å². The third-order valence-electron chi connectivity index (χ3n) is 6.03. The topological polar surface area (TPSA) is 49.6 Å². The van der Waals surface area contributed by atoms with Crippen molar-refractivity contribution in [3.63, 3.8) is 0 Å². The number of halogens is 1. The van der Waals surface area contributed by atoms with Crippen LogP contribution >= 0.6 is 0 Å². The first-order valence-corrected chi connectivity index (χ1v) is 10.3. The first-order chi connectivity index (χ1) is 13.6. The number of piperidine rings is 2. The fraction of sp³-hybridized carbons (Fsp3) is 0.545. The van der Waals surface area contributed by atoms with E-state index in [1.54, 1.807) is 12.1 Å². The average Bonchev–Trinajstić information content (AvgIpc) is 3.19. The van der Waals surface area contributed by atoms with Gasteiger partial charge < -0.3 is 9.42 Å². The molecular formula is C22H28FN3O2. The summed E-state index contributed by atoms with van der Waals surface area (Å²) in [6.45, 7) is 6.37. The molecule has 2 aromatic rings. The van der Waals surface area contributed by atoms with E-state index < -0.39 is 0 Å². The molecule has 2 aliphatic heterocycles. The van der Waals surface area contributed by atoms with Crippen LogP contribution in [-0.2, 0) is 6.54 Å². The number of nitrogens with zero attached hydrogens (tertiary/aromatic N) is 3. The van der Waals surface area contributed by atoms with Crippen molar-refractivity contribution in [2.75, 3.05) is 26.2 Å². The molecule has 0 saturated carbocycles. The van der Waals surface area contributed by atoms with Crippen molar-refractivity contribution in [2.45, 2.75) is 45.1 Å². The summed E-state index contributed by atoms with van der Waals surface area (Å²) in [6, 6.07) is 8.61. The zero-order valence-corrected chi connectivity index (χ0v) is 16.4. The lowest BCUT2D eigenvalue weighted by Gasteiger charge is -2.31. The molecule has 1 aromatic carbocycles. The molecule has 1 amide bonds. The number of carbonyl (C=O) groups excluding carboxylic acids is 1. The fourth-order valence-corrected chi connectivity index (χ4v) is 4.28. The van der Waals surface area contributed by atoms with Crippen LogP contribution in [0.25, 0.3) is 0 Å². The van der Waals surface area contributed by atoms with Gasteiger partial charge in [-0.1, -0.05) is 24.2 Å². The van der Waals surface area contributed by atoms with Gasteiger partial charge >= 0.3 is 0 Å². The zero-order valence-electron chi connectivity index (χ0n) is 16.4. The van der Waals surface area contributed by atoms with Crippen LogP contribution in [0.1, 0.15) is 60.3 Å². The standard InChI is InChI=1S/C22H28FN3O2/c1-16-7-10-26(11-8-16)22(27)21-13-20(24-28-21)18-5-3-9-25(15-18)14-17-4-2-6-19(23)12-17/h2,4,6,12-13,16,18H,3,5,7-11,14-15H2,1H3/t18-/m1/s1. The summed E-state index contributed by atoms with van der Waals surface area (Å²) in [7, 11) is 0. The van der Waals surface area contributed by atoms with E-state index >= 15 is 0 Å². The molecule has 28 heavy (non-hydrogen) atoms. The summed E-state index contributed by atoms with van der Waals surface area (Å²) >= 11 is 0. The van der Waals surface area contributed by atoms with Gasteiger partial charge in [-0.2, -0.15) is 0 Å². The van der Waals surface area contributed by atoms with Gasteiger partial charge in [0.15, 0.2) is 0 Å². The highest BCUT2D eigenvalue weighted by molar-refractivity contribution is 5.91. The van der Waals surface area contributed by atoms with Crippen LogP contribution < -0.4 is 0 Å². The second kappa shape index (κ2) is 8.43. The van der Waals surface area contributed by atoms with Gasteiger partial charge in [0.25, 0.3) is 5.91 Å². The SMILES string of the molecule is CC1CCN(C(=O)c2cc([C@@H]3CCCN(Cc4cccc(F)c4)C3)no2)CC1. The van der Waals surface area contributed by atoms with Gasteiger partial charge in [-0.3, -0.25) is 9.69 Å². The Kier molecular flexibility index (Phi) is 5.76. The van der Waals surface area contributed by atoms with E-state index in [1.165, 1.54) is 6.07 Å². The minimum absolute atomic E-state index is 0.0434. The van der Waals surface area contributed by atoms with E-state index in [0.717, 1.165) is 69.7 Å². The molecule has 0 radical (unpaired) electrons. The van der Waals surface area contributed by atoms with Crippen LogP contribution in [0, 0.1) is 11.7 Å². The molecule has 1 atom stereocenters. The zero-order chi connectivity index (χ0) is 19.5. The smallest absolute Gasteiger partial charge is 0.292 e. The van der Waals surface area contributed by atoms with Gasteiger partial charge in [-0.05, 0) is 55.8 Å². The third kappa shape index (κ3) is 4.43. The van der Waals surface area contributed by atoms with Crippen LogP contribution in [0.4, 0.5) is 4.39 Å². The van der Waals surface area contributed by atoms with Gasteiger partial charge in [0.05, 0.1) is 5.69 Å². The van der Waals surface area contributed by atoms with Crippen LogP contribution in [-0.4, -0.2) is 47.0 Å². The molecule has 2 fully saturated rings. The largest absolute Gasteiger partial charge is 0.351 e. The van der Waals surface area contributed by atoms with E-state index in [-0.39, 0.29) is 17.6 Å². The predicted molar refractivity (Wildman–Crippen MR) is 104 cm³/mol. The van der Waals surface area contributed by atoms with E-state index in [9.17, 15) is 9.18 Å². The molecule has 5 nitrogen and oxygen atoms in total. The number of hydrogen-bond donors (Lipinski definition) is 0. The number of carbonyl (C=O) groups is 1. The molecule has 0 aliphatic carbocycles. The number of likely N-dealkylation sites (tertiary alicyclic amines) is 2. The van der Waals surface area contributed by atoms with Crippen molar-refractivity contribution in [1.82, 2.24) is 15.0 Å². The lowest BCUT2D eigenvalue weighted by atomic mass is 9.94. The predicted octanol–water partition coefficient (Wildman–Crippen LogP) is 4.07. The van der Waals surface area contributed by atoms with Crippen molar-refractivity contribution in [2.24, 2.45) is 5.92 Å². The van der Waals surface area contributed by atoms with Crippen LogP contribution in [0.5, 0.6) is 0 Å². The minimum atomic E-state index is -0.196. The molecule has 0 spiro atoms. The highest BCUT2D eigenvalue weighted by Gasteiger charge is 2.28. The molecule has 0 N–H and O–H groups in total. The maximum atomic E-state index is 13.4. The Balaban J connectivity index is 1.38. The van der Waals surface area contributed by atoms with Crippen molar-refractivity contribution >= 4 is 5.91 Å². The lowest BCUT2D eigenvalue weighted by molar-refractivity contribution is 0.0655. The Morgan fingerprint density at radius 2 is 2.04 bits per heavy atom. The summed E-state index contributed by atoms with van der Waals surface area (Å²) in [6.07, 6.45) is 4.18. The van der Waals surface area contributed by atoms with Crippen LogP contribution in [0.2, 0.25) is 0 Å². The summed E-state index contributed by atoms with van der Waals surface area (Å²) in [5, 5.41) is 4.22. The first-order valence-electron chi connectivity index (χ1n) is 10.3. The second-order valence-corrected chi connectivity index (χ2v) is 8.29. The summed E-state index contributed by atoms with van der Waals surface area (Å²) in [4.78, 5) is 16.9. The van der Waals surface area contributed by atoms with Gasteiger partial charge in [-0.15, -0.1) is 0 Å². The Bertz CT molecular complexity index is 814. The number of hydrogen-bond acceptors (Lipinski definition) is 4. The monoisotopic (exact) mass is 385 g/mol. The Labute approximate surface area is 165 Å². The molecular weight excluding hydrogens is 357 g/mol. The van der Waals surface area contributed by atoms with Gasteiger partial charge in [0.2, 0.25) is 5.76 Å². The molecule has 3 heterocycles. The van der Waals surface area contributed by atoms with Crippen LogP contribution in [0.3, 0.4) is 0 Å². The van der Waals surface area contributed by atoms with Crippen molar-refractivity contribution in [3.05, 3.63) is 53.2 Å². The van der Waals surface area contributed by atoms with E-state index in [2.05, 4.69) is 17.0 Å². The number of aromatic nitrogens is 1. The summed E-state index contributed by atoms with van der Waals surface area (Å²) < 4.78 is 18.9. The Morgan fingerprint density at radius 1 is 1.21 bits per heavy atom. The maximum absolute atomic E-state index is 13.4. The molecule has 150 valence electrons. The first kappa shape index (κ1) is 19.1. The summed E-state index contributed by atoms with van der Waals surface area (Å²) in [5.74, 6) is 1.04. The average molecular weight is 385 g/mol. The van der Waals surface area contributed by atoms with E-state index in [0.29, 0.717) is 11.7 Å². The van der Waals surface area contributed by atoms with Crippen molar-refractivity contribution < 1.29 is 13.7 Å². The molecule has 0 bridgehead atoms. The Hall–Kier alpha value is -2.21. The Morgan fingerprint density at radius 3 is 2.82 bits per heavy atom. The van der Waals surface area contributed by atoms with Gasteiger partial charge in [-0.25, -0.2) is 4.39 Å². The third-order valence-corrected chi connectivity index (χ3v) is 6.03. The molecule has 1 aromatic heterocycles. The van der Waals surface area contributed by atoms with Gasteiger partial charge in [0, 0.05) is 38.2 Å². The molecule has 2 saturated heterocycles. The van der Waals surface area contributed by atoms with Gasteiger partial charge in [0.1, 0.15) is 5.82 Å². The molecule has 0 unspecified atom stereocenters. The highest BCUT2D eigenvalue weighted by Crippen LogP contribution is 2.28. The normalized spacial score (nSPS) is 21.8. The fourth-order valence-electron chi connectivity index (χ4n) is 4.28. The quantitative estimate of drug-likeness (QED) is 0.796. The number of rotatable bonds is 4. The van der Waals surface area contributed by atoms with Crippen molar-refractivity contribution in [1.29, 1.82) is 0 Å². The van der Waals surface area contributed by atoms with E-state index in [1.807, 2.05) is 17.0 Å².